The summed E-state index contributed by atoms with van der Waals surface area (Å²) in [4.78, 5) is 29.3. The van der Waals surface area contributed by atoms with Crippen LogP contribution in [0, 0.1) is 0 Å². The van der Waals surface area contributed by atoms with Gasteiger partial charge in [-0.2, -0.15) is 5.10 Å². The van der Waals surface area contributed by atoms with Crippen LogP contribution in [-0.4, -0.2) is 44.8 Å². The average molecular weight is 395 g/mol. The van der Waals surface area contributed by atoms with Crippen LogP contribution in [0.2, 0.25) is 5.02 Å². The van der Waals surface area contributed by atoms with Crippen LogP contribution in [0.5, 0.6) is 0 Å². The zero-order valence-electron chi connectivity index (χ0n) is 15.6. The van der Waals surface area contributed by atoms with Crippen molar-refractivity contribution < 1.29 is 9.59 Å². The average Bonchev–Trinajstić information content (AvgIpc) is 3.22. The fraction of sp³-hybridized carbons (Fsp3) is 0.286. The Morgan fingerprint density at radius 1 is 1.25 bits per heavy atom. The first-order valence-electron chi connectivity index (χ1n) is 9.30. The maximum atomic E-state index is 13.2. The van der Waals surface area contributed by atoms with Gasteiger partial charge in [-0.25, -0.2) is 4.52 Å². The number of pyridine rings is 1. The number of amides is 2. The van der Waals surface area contributed by atoms with Crippen LogP contribution in [0.25, 0.3) is 5.52 Å². The molecule has 1 aromatic carbocycles. The van der Waals surface area contributed by atoms with E-state index in [2.05, 4.69) is 11.2 Å². The standard InChI is InChI=1S/C21H19ClN4O2/c1-12-16-6-3-13-10-24(2)21(28)19(13)17(16)7-8-25(12)20(27)18-9-15-5-4-14(22)11-26(15)23-18/h3-6,9,11-12H,7-8,10H2,1-2H3. The van der Waals surface area contributed by atoms with E-state index in [1.165, 1.54) is 0 Å². The highest BCUT2D eigenvalue weighted by molar-refractivity contribution is 6.30. The fourth-order valence-corrected chi connectivity index (χ4v) is 4.53. The highest BCUT2D eigenvalue weighted by atomic mass is 35.5. The largest absolute Gasteiger partial charge is 0.337 e. The number of benzene rings is 1. The van der Waals surface area contributed by atoms with Crippen LogP contribution >= 0.6 is 11.6 Å². The molecule has 0 saturated carbocycles. The van der Waals surface area contributed by atoms with E-state index in [1.807, 2.05) is 31.0 Å². The Labute approximate surface area is 167 Å². The van der Waals surface area contributed by atoms with E-state index < -0.39 is 0 Å². The van der Waals surface area contributed by atoms with Gasteiger partial charge in [-0.1, -0.05) is 23.7 Å². The molecule has 0 spiro atoms. The van der Waals surface area contributed by atoms with Crippen molar-refractivity contribution in [2.75, 3.05) is 13.6 Å². The zero-order valence-corrected chi connectivity index (χ0v) is 16.4. The van der Waals surface area contributed by atoms with Crippen molar-refractivity contribution in [3.63, 3.8) is 0 Å². The Morgan fingerprint density at radius 3 is 2.89 bits per heavy atom. The lowest BCUT2D eigenvalue weighted by molar-refractivity contribution is 0.0671. The van der Waals surface area contributed by atoms with Crippen molar-refractivity contribution in [3.05, 3.63) is 69.5 Å². The van der Waals surface area contributed by atoms with E-state index in [4.69, 9.17) is 11.6 Å². The molecular weight excluding hydrogens is 376 g/mol. The van der Waals surface area contributed by atoms with Crippen molar-refractivity contribution in [1.82, 2.24) is 19.4 Å². The van der Waals surface area contributed by atoms with Gasteiger partial charge in [0.15, 0.2) is 5.69 Å². The monoisotopic (exact) mass is 394 g/mol. The number of halogens is 1. The van der Waals surface area contributed by atoms with Crippen molar-refractivity contribution in [2.45, 2.75) is 25.9 Å². The molecule has 5 rings (SSSR count). The molecule has 6 nitrogen and oxygen atoms in total. The van der Waals surface area contributed by atoms with Crippen molar-refractivity contribution in [3.8, 4) is 0 Å². The Bertz CT molecular complexity index is 1150. The summed E-state index contributed by atoms with van der Waals surface area (Å²) < 4.78 is 1.62. The predicted molar refractivity (Wildman–Crippen MR) is 106 cm³/mol. The maximum Gasteiger partial charge on any atom is 0.274 e. The third-order valence-corrected chi connectivity index (χ3v) is 6.05. The van der Waals surface area contributed by atoms with Gasteiger partial charge in [-0.05, 0) is 48.2 Å². The topological polar surface area (TPSA) is 57.9 Å². The normalized spacial score (nSPS) is 18.5. The molecule has 1 atom stereocenters. The lowest BCUT2D eigenvalue weighted by atomic mass is 9.87. The van der Waals surface area contributed by atoms with Crippen LogP contribution in [0.3, 0.4) is 0 Å². The molecule has 2 aliphatic rings. The van der Waals surface area contributed by atoms with Gasteiger partial charge in [-0.3, -0.25) is 9.59 Å². The molecule has 1 unspecified atom stereocenters. The van der Waals surface area contributed by atoms with E-state index in [1.54, 1.807) is 27.7 Å². The van der Waals surface area contributed by atoms with Crippen LogP contribution in [0.4, 0.5) is 0 Å². The minimum absolute atomic E-state index is 0.0797. The van der Waals surface area contributed by atoms with Gasteiger partial charge in [0.05, 0.1) is 16.6 Å². The maximum absolute atomic E-state index is 13.2. The van der Waals surface area contributed by atoms with E-state index in [9.17, 15) is 9.59 Å². The molecule has 0 fully saturated rings. The zero-order chi connectivity index (χ0) is 19.6. The second-order valence-electron chi connectivity index (χ2n) is 7.50. The minimum atomic E-state index is -0.117. The van der Waals surface area contributed by atoms with E-state index in [-0.39, 0.29) is 17.9 Å². The number of hydrogen-bond donors (Lipinski definition) is 0. The summed E-state index contributed by atoms with van der Waals surface area (Å²) >= 11 is 6.02. The number of hydrogen-bond acceptors (Lipinski definition) is 3. The third-order valence-electron chi connectivity index (χ3n) is 5.83. The van der Waals surface area contributed by atoms with Gasteiger partial charge >= 0.3 is 0 Å². The first-order valence-corrected chi connectivity index (χ1v) is 9.68. The molecule has 142 valence electrons. The lowest BCUT2D eigenvalue weighted by Crippen LogP contribution is -2.39. The number of rotatable bonds is 1. The predicted octanol–water partition coefficient (Wildman–Crippen LogP) is 3.33. The van der Waals surface area contributed by atoms with Gasteiger partial charge in [0.1, 0.15) is 0 Å². The first-order chi connectivity index (χ1) is 13.4. The molecule has 2 amide bonds. The molecule has 28 heavy (non-hydrogen) atoms. The number of nitrogens with zero attached hydrogens (tertiary/aromatic N) is 4. The molecule has 3 aromatic rings. The quantitative estimate of drug-likeness (QED) is 0.636. The molecule has 0 aliphatic carbocycles. The number of carbonyl (C=O) groups excluding carboxylic acids is 2. The second-order valence-corrected chi connectivity index (χ2v) is 7.94. The van der Waals surface area contributed by atoms with Crippen LogP contribution in [0.1, 0.15) is 50.5 Å². The number of fused-ring (bicyclic) bond motifs is 4. The minimum Gasteiger partial charge on any atom is -0.337 e. The fourth-order valence-electron chi connectivity index (χ4n) is 4.37. The summed E-state index contributed by atoms with van der Waals surface area (Å²) in [6.45, 7) is 3.23. The van der Waals surface area contributed by atoms with Gasteiger partial charge in [0.25, 0.3) is 11.8 Å². The summed E-state index contributed by atoms with van der Waals surface area (Å²) in [5, 5.41) is 4.97. The van der Waals surface area contributed by atoms with Gasteiger partial charge < -0.3 is 9.80 Å². The Balaban J connectivity index is 1.50. The van der Waals surface area contributed by atoms with Crippen molar-refractivity contribution in [1.29, 1.82) is 0 Å². The van der Waals surface area contributed by atoms with E-state index >= 15 is 0 Å². The lowest BCUT2D eigenvalue weighted by Gasteiger charge is -2.35. The SMILES string of the molecule is CC1c2ccc3c(c2CCN1C(=O)c1cc2ccc(Cl)cn2n1)C(=O)N(C)C3. The number of carbonyl (C=O) groups is 2. The molecule has 0 radical (unpaired) electrons. The molecule has 0 saturated heterocycles. The summed E-state index contributed by atoms with van der Waals surface area (Å²) in [6.07, 6.45) is 2.36. The molecule has 7 heteroatoms. The van der Waals surface area contributed by atoms with Crippen LogP contribution in [0.15, 0.2) is 36.5 Å². The highest BCUT2D eigenvalue weighted by Gasteiger charge is 2.35. The molecular formula is C21H19ClN4O2. The summed E-state index contributed by atoms with van der Waals surface area (Å²) in [6, 6.07) is 9.37. The highest BCUT2D eigenvalue weighted by Crippen LogP contribution is 2.36. The summed E-state index contributed by atoms with van der Waals surface area (Å²) in [5.74, 6) is -0.0297. The Morgan fingerprint density at radius 2 is 2.07 bits per heavy atom. The van der Waals surface area contributed by atoms with Gasteiger partial charge in [0, 0.05) is 31.9 Å². The van der Waals surface area contributed by atoms with Crippen LogP contribution in [-0.2, 0) is 13.0 Å². The first kappa shape index (κ1) is 17.3. The Kier molecular flexibility index (Phi) is 3.74. The van der Waals surface area contributed by atoms with E-state index in [0.717, 1.165) is 27.8 Å². The van der Waals surface area contributed by atoms with Crippen LogP contribution < -0.4 is 0 Å². The second kappa shape index (κ2) is 6.07. The third kappa shape index (κ3) is 2.44. The summed E-state index contributed by atoms with van der Waals surface area (Å²) in [5.41, 5.74) is 5.27. The van der Waals surface area contributed by atoms with E-state index in [0.29, 0.717) is 30.2 Å². The van der Waals surface area contributed by atoms with Gasteiger partial charge in [0.2, 0.25) is 0 Å². The molecule has 0 N–H and O–H groups in total. The molecule has 2 aromatic heterocycles. The van der Waals surface area contributed by atoms with Crippen molar-refractivity contribution in [2.24, 2.45) is 0 Å². The van der Waals surface area contributed by atoms with Crippen molar-refractivity contribution >= 4 is 28.9 Å². The molecule has 4 heterocycles. The Hall–Kier alpha value is -2.86. The summed E-state index contributed by atoms with van der Waals surface area (Å²) in [7, 11) is 1.83. The number of aromatic nitrogens is 2. The smallest absolute Gasteiger partial charge is 0.274 e. The van der Waals surface area contributed by atoms with Gasteiger partial charge in [-0.15, -0.1) is 0 Å². The molecule has 2 aliphatic heterocycles. The molecule has 0 bridgehead atoms.